The van der Waals surface area contributed by atoms with E-state index in [0.717, 1.165) is 34.8 Å². The van der Waals surface area contributed by atoms with Crippen LogP contribution in [0.15, 0.2) is 97.1 Å². The van der Waals surface area contributed by atoms with Crippen LogP contribution in [0, 0.1) is 5.41 Å². The maximum absolute atomic E-state index is 13.4. The van der Waals surface area contributed by atoms with Crippen LogP contribution >= 0.6 is 0 Å². The fourth-order valence-corrected chi connectivity index (χ4v) is 12.8. The van der Waals surface area contributed by atoms with Crippen LogP contribution in [-0.2, 0) is 90.0 Å². The number of hydrogen-bond acceptors (Lipinski definition) is 27. The van der Waals surface area contributed by atoms with Crippen LogP contribution in [0.2, 0.25) is 0 Å². The molecule has 0 aliphatic heterocycles. The summed E-state index contributed by atoms with van der Waals surface area (Å²) in [6, 6.07) is 26.6. The number of rotatable bonds is 46. The quantitative estimate of drug-likeness (QED) is 0.0148. The van der Waals surface area contributed by atoms with Crippen molar-refractivity contribution in [2.24, 2.45) is 5.41 Å². The predicted molar refractivity (Wildman–Crippen MR) is 547 cm³/mol. The summed E-state index contributed by atoms with van der Waals surface area (Å²) >= 11 is 0. The molecule has 0 saturated heterocycles. The van der Waals surface area contributed by atoms with Gasteiger partial charge in [-0.05, 0) is 350 Å². The van der Waals surface area contributed by atoms with E-state index in [1.807, 2.05) is 149 Å². The minimum atomic E-state index is -0.559. The molecule has 0 spiro atoms. The molecule has 0 N–H and O–H groups in total. The van der Waals surface area contributed by atoms with Crippen LogP contribution in [0.25, 0.3) is 43.1 Å². The molecule has 0 saturated carbocycles. The molecular weight excluding hydrogens is 1770 g/mol. The zero-order chi connectivity index (χ0) is 105. The Morgan fingerprint density at radius 2 is 0.406 bits per heavy atom. The van der Waals surface area contributed by atoms with Crippen LogP contribution < -0.4 is 0 Å². The number of hydrogen-bond donors (Lipinski definition) is 0. The largest absolute Gasteiger partial charge is 0.459 e. The molecule has 780 valence electrons. The molecule has 0 fully saturated rings. The SMILES string of the molecule is CC(C)OC(=O)c1ccc2c3ccc(C(=O)OC(C)C)c4c(C(=O)OC(C)C)ccc(c5ccc(C(=O)OC(C)C)c1c25)c43.CC(C)OC(=O)c1cccc(C(=O)OC(C)C)c1.CC(C)OC(=O)c1ccccc1C(=O)OC(C)C.CC(C)OCC(C)(C)COC(C)C.CC(C)OCC(C)OC(C)C.CC(C)OCC(C)OCC(C)OC(C)C.CC(C)OCC(C)OCC(C)OCC(C)OC(C)C. The van der Waals surface area contributed by atoms with Gasteiger partial charge in [0, 0.05) is 16.2 Å². The summed E-state index contributed by atoms with van der Waals surface area (Å²) < 4.78 is 104. The Bertz CT molecular complexity index is 4340. The lowest BCUT2D eigenvalue weighted by atomic mass is 9.84. The highest BCUT2D eigenvalue weighted by atomic mass is 16.6. The summed E-state index contributed by atoms with van der Waals surface area (Å²) in [6.45, 7) is 82.5. The molecule has 0 radical (unpaired) electrons. The molecule has 0 heterocycles. The third kappa shape index (κ3) is 51.5. The molecule has 7 rings (SSSR count). The van der Waals surface area contributed by atoms with Gasteiger partial charge in [-0.2, -0.15) is 0 Å². The smallest absolute Gasteiger partial charge is 0.339 e. The zero-order valence-corrected chi connectivity index (χ0v) is 91.1. The van der Waals surface area contributed by atoms with Gasteiger partial charge in [-0.3, -0.25) is 0 Å². The maximum atomic E-state index is 13.4. The van der Waals surface area contributed by atoms with Gasteiger partial charge in [-0.15, -0.1) is 0 Å². The molecule has 6 unspecified atom stereocenters. The van der Waals surface area contributed by atoms with Crippen LogP contribution in [0.5, 0.6) is 0 Å². The van der Waals surface area contributed by atoms with Gasteiger partial charge in [0.15, 0.2) is 0 Å². The van der Waals surface area contributed by atoms with Crippen LogP contribution in [0.1, 0.15) is 360 Å². The molecule has 0 aliphatic rings. The highest BCUT2D eigenvalue weighted by Crippen LogP contribution is 2.45. The van der Waals surface area contributed by atoms with Crippen molar-refractivity contribution in [1.82, 2.24) is 0 Å². The Morgan fingerprint density at radius 1 is 0.203 bits per heavy atom. The van der Waals surface area contributed by atoms with E-state index < -0.39 is 47.8 Å². The molecule has 0 aromatic heterocycles. The van der Waals surface area contributed by atoms with E-state index in [0.29, 0.717) is 96.7 Å². The molecule has 0 bridgehead atoms. The van der Waals surface area contributed by atoms with Gasteiger partial charge in [0.25, 0.3) is 0 Å². The average molecular weight is 1940 g/mol. The van der Waals surface area contributed by atoms with E-state index in [-0.39, 0.29) is 149 Å². The predicted octanol–water partition coefficient (Wildman–Crippen LogP) is 24.4. The third-order valence-electron chi connectivity index (χ3n) is 18.2. The van der Waals surface area contributed by atoms with Gasteiger partial charge in [0.2, 0.25) is 0 Å². The molecule has 7 aromatic carbocycles. The minimum Gasteiger partial charge on any atom is -0.459 e. The van der Waals surface area contributed by atoms with Gasteiger partial charge in [0.05, 0.1) is 232 Å². The Balaban J connectivity index is 0.000000863. The molecule has 138 heavy (non-hydrogen) atoms. The summed E-state index contributed by atoms with van der Waals surface area (Å²) in [5, 5.41) is 5.09. The molecule has 6 atom stereocenters. The lowest BCUT2D eigenvalue weighted by Crippen LogP contribution is -2.28. The first-order valence-electron chi connectivity index (χ1n) is 49.1. The summed E-state index contributed by atoms with van der Waals surface area (Å²) in [6.07, 6.45) is 0.624. The highest BCUT2D eigenvalue weighted by Gasteiger charge is 2.31. The number of fused-ring (bicyclic) bond motifs is 2. The van der Waals surface area contributed by atoms with Crippen molar-refractivity contribution in [2.45, 2.75) is 411 Å². The van der Waals surface area contributed by atoms with Gasteiger partial charge in [0.1, 0.15) is 0 Å². The van der Waals surface area contributed by atoms with Crippen molar-refractivity contribution in [3.05, 3.63) is 142 Å². The second-order valence-corrected chi connectivity index (χ2v) is 39.3. The van der Waals surface area contributed by atoms with Gasteiger partial charge in [-0.25, -0.2) is 38.4 Å². The monoisotopic (exact) mass is 1940 g/mol. The molecule has 27 nitrogen and oxygen atoms in total. The van der Waals surface area contributed by atoms with Crippen LogP contribution in [0.4, 0.5) is 0 Å². The first kappa shape index (κ1) is 127. The lowest BCUT2D eigenvalue weighted by molar-refractivity contribution is -0.0914. The average Bonchev–Trinajstić information content (AvgIpc) is 0.699. The van der Waals surface area contributed by atoms with E-state index in [1.54, 1.807) is 178 Å². The first-order chi connectivity index (χ1) is 64.2. The molecule has 0 aliphatic carbocycles. The number of carbonyl (C=O) groups excluding carboxylic acids is 8. The van der Waals surface area contributed by atoms with E-state index in [4.69, 9.17) is 90.0 Å². The van der Waals surface area contributed by atoms with E-state index in [1.165, 1.54) is 6.07 Å². The van der Waals surface area contributed by atoms with Crippen molar-refractivity contribution in [2.75, 3.05) is 52.9 Å². The normalized spacial score (nSPS) is 13.0. The third-order valence-corrected chi connectivity index (χ3v) is 18.2. The molecule has 7 aromatic rings. The minimum absolute atomic E-state index is 0.0692. The fourth-order valence-electron chi connectivity index (χ4n) is 12.8. The Labute approximate surface area is 826 Å². The number of benzene rings is 7. The second-order valence-electron chi connectivity index (χ2n) is 39.3. The summed E-state index contributed by atoms with van der Waals surface area (Å²) in [5.41, 5.74) is 2.24. The number of carbonyl (C=O) groups is 8. The fraction of sp³-hybridized carbons (Fsp3) is 0.640. The van der Waals surface area contributed by atoms with Crippen LogP contribution in [0.3, 0.4) is 0 Å². The standard InChI is InChI=1S/C36H36O8.C15H32O4.2C14H18O4.C12H26O3.C11H24O2.C9H20O2/c1-17(2)41-33(37)25-13-9-21-23-11-15-27(35(39)43-19(5)6)32-28(36(40)44-20(7)8)16-12-24(30(23)32)22-10-14-26(31(25)29(21)22)34(38)42-18(3)4;1-11(2)16-8-13(5)17-9-14(6)18-10-15(7)19-12(3)4;1-9(2)17-13(15)11-6-5-7-12(8-11)14(16)18-10(3)4;1-9(2)17-13(15)11-7-5-6-8-12(11)14(16)18-10(3)4;1-9(2)13-7-11(5)14-8-12(6)15-10(3)4;1-9(2)12-7-11(5,6)8-13-10(3)4;1-7(2)10-6-9(5)11-8(3)4/h9-20H,1-8H3;11-15H,8-10H2,1-7H3;2*5-10H,1-4H3;9-12H,7-8H2,1-6H3;9-10H,7-8H2,1-6H3;7-9H,6H2,1-5H3. The topological polar surface area (TPSA) is 312 Å². The van der Waals surface area contributed by atoms with Crippen molar-refractivity contribution in [3.8, 4) is 0 Å². The Kier molecular flexibility index (Phi) is 60.2. The summed E-state index contributed by atoms with van der Waals surface area (Å²) in [4.78, 5) is 101. The Morgan fingerprint density at radius 3 is 0.623 bits per heavy atom. The van der Waals surface area contributed by atoms with E-state index >= 15 is 0 Å². The molecule has 0 amide bonds. The van der Waals surface area contributed by atoms with Gasteiger partial charge < -0.3 is 90.0 Å². The summed E-state index contributed by atoms with van der Waals surface area (Å²) in [7, 11) is 0. The molecular formula is C111H174O27. The van der Waals surface area contributed by atoms with E-state index in [2.05, 4.69) is 41.5 Å². The van der Waals surface area contributed by atoms with Crippen molar-refractivity contribution in [1.29, 1.82) is 0 Å². The Hall–Kier alpha value is -8.84. The maximum Gasteiger partial charge on any atom is 0.339 e. The van der Waals surface area contributed by atoms with Crippen LogP contribution in [-0.4, -0.2) is 235 Å². The lowest BCUT2D eigenvalue weighted by Gasteiger charge is -2.26. The second kappa shape index (κ2) is 65.3. The van der Waals surface area contributed by atoms with Gasteiger partial charge in [-0.1, -0.05) is 56.3 Å². The van der Waals surface area contributed by atoms with E-state index in [9.17, 15) is 38.4 Å². The molecule has 27 heteroatoms. The van der Waals surface area contributed by atoms with Crippen molar-refractivity contribution in [3.63, 3.8) is 0 Å². The number of esters is 8. The highest BCUT2D eigenvalue weighted by molar-refractivity contribution is 6.38. The number of ether oxygens (including phenoxy) is 19. The first-order valence-corrected chi connectivity index (χ1v) is 49.1. The van der Waals surface area contributed by atoms with Crippen molar-refractivity contribution >= 4 is 90.8 Å². The zero-order valence-electron chi connectivity index (χ0n) is 91.1. The van der Waals surface area contributed by atoms with Crippen molar-refractivity contribution < 1.29 is 128 Å². The summed E-state index contributed by atoms with van der Waals surface area (Å²) in [5.74, 6) is -4.14. The van der Waals surface area contributed by atoms with Gasteiger partial charge >= 0.3 is 47.8 Å².